The van der Waals surface area contributed by atoms with Gasteiger partial charge in [0.25, 0.3) is 5.91 Å². The summed E-state index contributed by atoms with van der Waals surface area (Å²) in [7, 11) is 0. The Bertz CT molecular complexity index is 1260. The molecule has 0 spiro atoms. The van der Waals surface area contributed by atoms with E-state index in [-0.39, 0.29) is 17.1 Å². The van der Waals surface area contributed by atoms with Gasteiger partial charge >= 0.3 is 0 Å². The van der Waals surface area contributed by atoms with Gasteiger partial charge in [0.1, 0.15) is 5.58 Å². The summed E-state index contributed by atoms with van der Waals surface area (Å²) < 4.78 is 17.7. The Morgan fingerprint density at radius 3 is 2.39 bits per heavy atom. The Morgan fingerprint density at radius 2 is 1.70 bits per heavy atom. The normalized spacial score (nSPS) is 15.2. The zero-order chi connectivity index (χ0) is 23.7. The molecule has 2 aromatic carbocycles. The summed E-state index contributed by atoms with van der Waals surface area (Å²) in [5.41, 5.74) is 3.37. The van der Waals surface area contributed by atoms with Crippen LogP contribution in [0.5, 0.6) is 11.5 Å². The van der Waals surface area contributed by atoms with E-state index in [9.17, 15) is 9.59 Å². The minimum absolute atomic E-state index is 0.146. The summed E-state index contributed by atoms with van der Waals surface area (Å²) in [5, 5.41) is 0.511. The van der Waals surface area contributed by atoms with E-state index in [0.29, 0.717) is 47.8 Å². The molecule has 3 aromatic rings. The van der Waals surface area contributed by atoms with Crippen LogP contribution in [0.3, 0.4) is 0 Å². The Labute approximate surface area is 194 Å². The van der Waals surface area contributed by atoms with Gasteiger partial charge in [-0.1, -0.05) is 25.5 Å². The molecule has 0 aliphatic carbocycles. The number of benzene rings is 2. The molecule has 6 nitrogen and oxygen atoms in total. The second-order valence-corrected chi connectivity index (χ2v) is 8.46. The number of ether oxygens (including phenoxy) is 2. The van der Waals surface area contributed by atoms with Gasteiger partial charge in [0.05, 0.1) is 30.2 Å². The number of amides is 1. The van der Waals surface area contributed by atoms with E-state index in [4.69, 9.17) is 13.9 Å². The first-order valence-corrected chi connectivity index (χ1v) is 11.7. The van der Waals surface area contributed by atoms with Gasteiger partial charge in [0, 0.05) is 6.54 Å². The van der Waals surface area contributed by atoms with Gasteiger partial charge < -0.3 is 18.8 Å². The average molecular weight is 450 g/mol. The largest absolute Gasteiger partial charge is 0.490 e. The number of unbranched alkanes of at least 4 members (excludes halogenated alkanes) is 1. The van der Waals surface area contributed by atoms with Crippen molar-refractivity contribution < 1.29 is 18.7 Å². The zero-order valence-corrected chi connectivity index (χ0v) is 20.0. The molecule has 4 rings (SSSR count). The van der Waals surface area contributed by atoms with Gasteiger partial charge in [-0.3, -0.25) is 9.59 Å². The summed E-state index contributed by atoms with van der Waals surface area (Å²) in [6.07, 6.45) is 1.76. The van der Waals surface area contributed by atoms with Gasteiger partial charge in [-0.25, -0.2) is 0 Å². The smallest absolute Gasteiger partial charge is 0.290 e. The number of nitrogens with zero attached hydrogens (tertiary/aromatic N) is 1. The number of carbonyl (C=O) groups excluding carboxylic acids is 1. The van der Waals surface area contributed by atoms with Crippen LogP contribution in [-0.2, 0) is 0 Å². The molecule has 0 saturated carbocycles. The highest BCUT2D eigenvalue weighted by molar-refractivity contribution is 5.99. The molecule has 0 saturated heterocycles. The van der Waals surface area contributed by atoms with Gasteiger partial charge in [-0.05, 0) is 69.0 Å². The van der Waals surface area contributed by atoms with E-state index in [1.54, 1.807) is 4.90 Å². The molecule has 1 amide bonds. The van der Waals surface area contributed by atoms with Crippen molar-refractivity contribution in [2.75, 3.05) is 19.8 Å². The van der Waals surface area contributed by atoms with Crippen molar-refractivity contribution in [1.29, 1.82) is 0 Å². The molecule has 1 unspecified atom stereocenters. The molecule has 0 N–H and O–H groups in total. The summed E-state index contributed by atoms with van der Waals surface area (Å²) in [6.45, 7) is 11.3. The lowest BCUT2D eigenvalue weighted by molar-refractivity contribution is 0.0725. The quantitative estimate of drug-likeness (QED) is 0.451. The highest BCUT2D eigenvalue weighted by Crippen LogP contribution is 2.41. The van der Waals surface area contributed by atoms with E-state index in [0.717, 1.165) is 29.5 Å². The Kier molecular flexibility index (Phi) is 6.45. The Morgan fingerprint density at radius 1 is 0.970 bits per heavy atom. The second kappa shape index (κ2) is 9.30. The third kappa shape index (κ3) is 3.99. The van der Waals surface area contributed by atoms with E-state index >= 15 is 0 Å². The fraction of sp³-hybridized carbons (Fsp3) is 0.407. The van der Waals surface area contributed by atoms with Crippen molar-refractivity contribution in [2.45, 2.75) is 53.5 Å². The van der Waals surface area contributed by atoms with E-state index < -0.39 is 6.04 Å². The van der Waals surface area contributed by atoms with Gasteiger partial charge in [0.2, 0.25) is 5.76 Å². The molecule has 2 heterocycles. The van der Waals surface area contributed by atoms with Crippen LogP contribution in [0.2, 0.25) is 0 Å². The molecule has 1 aliphatic heterocycles. The summed E-state index contributed by atoms with van der Waals surface area (Å²) >= 11 is 0. The number of aryl methyl sites for hydroxylation is 2. The van der Waals surface area contributed by atoms with E-state index in [2.05, 4.69) is 6.92 Å². The molecule has 0 radical (unpaired) electrons. The monoisotopic (exact) mass is 449 g/mol. The minimum Gasteiger partial charge on any atom is -0.490 e. The van der Waals surface area contributed by atoms with Crippen molar-refractivity contribution in [3.05, 3.63) is 68.6 Å². The molecular formula is C27H31NO5. The summed E-state index contributed by atoms with van der Waals surface area (Å²) in [5.74, 6) is 1.15. The van der Waals surface area contributed by atoms with Crippen molar-refractivity contribution in [3.63, 3.8) is 0 Å². The number of carbonyl (C=O) groups is 1. The average Bonchev–Trinajstić information content (AvgIpc) is 3.06. The first kappa shape index (κ1) is 22.9. The highest BCUT2D eigenvalue weighted by atomic mass is 16.5. The first-order valence-electron chi connectivity index (χ1n) is 11.7. The molecule has 0 fully saturated rings. The molecule has 33 heavy (non-hydrogen) atoms. The molecule has 6 heteroatoms. The predicted octanol–water partition coefficient (Wildman–Crippen LogP) is 5.55. The van der Waals surface area contributed by atoms with Gasteiger partial charge in [0.15, 0.2) is 16.9 Å². The van der Waals surface area contributed by atoms with Gasteiger partial charge in [-0.2, -0.15) is 0 Å². The van der Waals surface area contributed by atoms with Crippen LogP contribution in [0, 0.1) is 13.8 Å². The van der Waals surface area contributed by atoms with Crippen molar-refractivity contribution in [3.8, 4) is 11.5 Å². The van der Waals surface area contributed by atoms with Gasteiger partial charge in [-0.15, -0.1) is 0 Å². The van der Waals surface area contributed by atoms with E-state index in [1.807, 2.05) is 58.0 Å². The topological polar surface area (TPSA) is 69.0 Å². The van der Waals surface area contributed by atoms with Crippen LogP contribution < -0.4 is 14.9 Å². The third-order valence-corrected chi connectivity index (χ3v) is 6.03. The number of hydrogen-bond donors (Lipinski definition) is 0. The van der Waals surface area contributed by atoms with Crippen molar-refractivity contribution in [2.24, 2.45) is 0 Å². The summed E-state index contributed by atoms with van der Waals surface area (Å²) in [4.78, 5) is 29.0. The molecule has 1 aromatic heterocycles. The van der Waals surface area contributed by atoms with Crippen molar-refractivity contribution in [1.82, 2.24) is 4.90 Å². The summed E-state index contributed by atoms with van der Waals surface area (Å²) in [6, 6.07) is 8.91. The predicted molar refractivity (Wildman–Crippen MR) is 129 cm³/mol. The highest BCUT2D eigenvalue weighted by Gasteiger charge is 2.42. The lowest BCUT2D eigenvalue weighted by Crippen LogP contribution is -2.30. The molecular weight excluding hydrogens is 418 g/mol. The lowest BCUT2D eigenvalue weighted by Gasteiger charge is -2.25. The van der Waals surface area contributed by atoms with Crippen LogP contribution in [0.1, 0.15) is 72.5 Å². The second-order valence-electron chi connectivity index (χ2n) is 8.46. The van der Waals surface area contributed by atoms with Crippen LogP contribution in [0.4, 0.5) is 0 Å². The number of rotatable bonds is 8. The van der Waals surface area contributed by atoms with Crippen LogP contribution in [0.15, 0.2) is 39.5 Å². The third-order valence-electron chi connectivity index (χ3n) is 6.03. The number of hydrogen-bond acceptors (Lipinski definition) is 5. The van der Waals surface area contributed by atoms with Crippen molar-refractivity contribution >= 4 is 16.9 Å². The molecule has 0 bridgehead atoms. The van der Waals surface area contributed by atoms with Crippen LogP contribution in [0.25, 0.3) is 11.0 Å². The van der Waals surface area contributed by atoms with E-state index in [1.165, 1.54) is 0 Å². The Hall–Kier alpha value is -3.28. The zero-order valence-electron chi connectivity index (χ0n) is 20.0. The SMILES string of the molecule is CCCCN1C(=O)c2oc3c(C)cc(C)cc3c(=O)c2C1c1ccc(OCC)c(OCC)c1. The standard InChI is InChI=1S/C27H31NO5/c1-6-9-12-28-23(18-10-11-20(31-7-2)21(15-18)32-8-3)22-24(29)19-14-16(4)13-17(5)25(19)33-26(22)27(28)30/h10-11,13-15,23H,6-9,12H2,1-5H3. The first-order chi connectivity index (χ1) is 15.9. The molecule has 1 aliphatic rings. The molecule has 174 valence electrons. The number of fused-ring (bicyclic) bond motifs is 2. The minimum atomic E-state index is -0.532. The molecule has 1 atom stereocenters. The lowest BCUT2D eigenvalue weighted by atomic mass is 9.97. The fourth-order valence-corrected chi connectivity index (χ4v) is 4.62. The maximum atomic E-state index is 13.8. The van der Waals surface area contributed by atoms with Crippen LogP contribution in [-0.4, -0.2) is 30.6 Å². The maximum absolute atomic E-state index is 13.8. The fourth-order valence-electron chi connectivity index (χ4n) is 4.62. The maximum Gasteiger partial charge on any atom is 0.290 e. The Balaban J connectivity index is 1.95. The van der Waals surface area contributed by atoms with Crippen LogP contribution >= 0.6 is 0 Å².